The predicted molar refractivity (Wildman–Crippen MR) is 133 cm³/mol. The zero-order valence-corrected chi connectivity index (χ0v) is 20.2. The Balaban J connectivity index is 0.00000141. The van der Waals surface area contributed by atoms with Crippen LogP contribution in [0.3, 0.4) is 0 Å². The maximum absolute atomic E-state index is 11.2. The number of rotatable bonds is 8. The fraction of sp³-hybridized carbons (Fsp3) is 0.462. The van der Waals surface area contributed by atoms with Crippen LogP contribution in [0.1, 0.15) is 82.2 Å². The summed E-state index contributed by atoms with van der Waals surface area (Å²) in [6.45, 7) is 6.97. The van der Waals surface area contributed by atoms with Crippen LogP contribution in [0.15, 0.2) is 52.9 Å². The number of fused-ring (bicyclic) bond motifs is 1. The number of nitro benzene ring substituents is 1. The van der Waals surface area contributed by atoms with E-state index < -0.39 is 0 Å². The van der Waals surface area contributed by atoms with Gasteiger partial charge in [0.1, 0.15) is 11.1 Å². The van der Waals surface area contributed by atoms with Crippen molar-refractivity contribution in [1.29, 1.82) is 0 Å². The Morgan fingerprint density at radius 2 is 1.84 bits per heavy atom. The van der Waals surface area contributed by atoms with E-state index in [2.05, 4.69) is 24.4 Å². The maximum atomic E-state index is 11.2. The predicted octanol–water partition coefficient (Wildman–Crippen LogP) is 7.87. The number of nitrogens with one attached hydrogen (secondary N) is 1. The Labute approximate surface area is 195 Å². The van der Waals surface area contributed by atoms with Crippen molar-refractivity contribution in [3.63, 3.8) is 0 Å². The summed E-state index contributed by atoms with van der Waals surface area (Å²) in [6.07, 6.45) is 8.11. The van der Waals surface area contributed by atoms with Crippen LogP contribution in [0.25, 0.3) is 5.70 Å². The zero-order chi connectivity index (χ0) is 22.9. The molecule has 4 rings (SSSR count). The van der Waals surface area contributed by atoms with E-state index in [9.17, 15) is 10.1 Å². The minimum absolute atomic E-state index is 0.0839. The first-order chi connectivity index (χ1) is 15.7. The first kappa shape index (κ1) is 24.2. The SMILES string of the molecule is CC.CCCCCCOc1ccc(C2NC(=C3CCC3)c3cc([N+](=O)[O-])ccc3S2)cc1. The zero-order valence-electron chi connectivity index (χ0n) is 19.4. The molecule has 1 N–H and O–H groups in total. The van der Waals surface area contributed by atoms with Gasteiger partial charge in [-0.25, -0.2) is 0 Å². The second-order valence-corrected chi connectivity index (χ2v) is 9.04. The lowest BCUT2D eigenvalue weighted by atomic mass is 9.88. The van der Waals surface area contributed by atoms with E-state index in [1.165, 1.54) is 36.8 Å². The van der Waals surface area contributed by atoms with E-state index in [-0.39, 0.29) is 16.0 Å². The number of non-ortho nitro benzene ring substituents is 1. The number of nitro groups is 1. The third kappa shape index (κ3) is 5.85. The highest BCUT2D eigenvalue weighted by Gasteiger charge is 2.29. The fourth-order valence-electron chi connectivity index (χ4n) is 3.80. The van der Waals surface area contributed by atoms with Gasteiger partial charge >= 0.3 is 0 Å². The number of unbranched alkanes of at least 4 members (excludes halogenated alkanes) is 3. The molecule has 0 amide bonds. The molecule has 0 spiro atoms. The van der Waals surface area contributed by atoms with Crippen LogP contribution < -0.4 is 10.1 Å². The Hall–Kier alpha value is -2.47. The van der Waals surface area contributed by atoms with Gasteiger partial charge in [0.25, 0.3) is 5.69 Å². The summed E-state index contributed by atoms with van der Waals surface area (Å²) in [7, 11) is 0. The summed E-state index contributed by atoms with van der Waals surface area (Å²) in [5.74, 6) is 0.907. The molecule has 1 fully saturated rings. The molecule has 2 aromatic rings. The quantitative estimate of drug-likeness (QED) is 0.250. The fourth-order valence-corrected chi connectivity index (χ4v) is 4.96. The first-order valence-electron chi connectivity index (χ1n) is 11.8. The number of thioether (sulfide) groups is 1. The van der Waals surface area contributed by atoms with Crippen LogP contribution in [0.2, 0.25) is 0 Å². The molecule has 5 nitrogen and oxygen atoms in total. The minimum atomic E-state index is -0.318. The van der Waals surface area contributed by atoms with Gasteiger partial charge < -0.3 is 10.1 Å². The second kappa shape index (κ2) is 12.0. The van der Waals surface area contributed by atoms with Crippen LogP contribution in [-0.4, -0.2) is 11.5 Å². The van der Waals surface area contributed by atoms with E-state index in [4.69, 9.17) is 4.74 Å². The molecule has 172 valence electrons. The Bertz CT molecular complexity index is 935. The Kier molecular flexibility index (Phi) is 9.03. The lowest BCUT2D eigenvalue weighted by Crippen LogP contribution is -2.24. The average molecular weight is 455 g/mol. The van der Waals surface area contributed by atoms with Gasteiger partial charge in [0.2, 0.25) is 0 Å². The van der Waals surface area contributed by atoms with Gasteiger partial charge in [0.05, 0.1) is 11.5 Å². The molecule has 1 aliphatic carbocycles. The van der Waals surface area contributed by atoms with E-state index in [0.717, 1.165) is 47.8 Å². The summed E-state index contributed by atoms with van der Waals surface area (Å²) < 4.78 is 5.87. The highest BCUT2D eigenvalue weighted by molar-refractivity contribution is 7.99. The summed E-state index contributed by atoms with van der Waals surface area (Å²) in [4.78, 5) is 12.0. The van der Waals surface area contributed by atoms with Crippen molar-refractivity contribution in [3.8, 4) is 5.75 Å². The second-order valence-electron chi connectivity index (χ2n) is 7.89. The van der Waals surface area contributed by atoms with Gasteiger partial charge in [-0.15, -0.1) is 0 Å². The summed E-state index contributed by atoms with van der Waals surface area (Å²) in [5, 5.41) is 15.0. The van der Waals surface area contributed by atoms with Gasteiger partial charge in [-0.3, -0.25) is 10.1 Å². The van der Waals surface area contributed by atoms with Gasteiger partial charge in [-0.1, -0.05) is 63.9 Å². The number of nitrogens with zero attached hydrogens (tertiary/aromatic N) is 1. The molecule has 0 aromatic heterocycles. The Morgan fingerprint density at radius 3 is 2.47 bits per heavy atom. The summed E-state index contributed by atoms with van der Waals surface area (Å²) >= 11 is 1.71. The molecule has 1 unspecified atom stereocenters. The number of hydrogen-bond donors (Lipinski definition) is 1. The van der Waals surface area contributed by atoms with Gasteiger partial charge in [0, 0.05) is 28.3 Å². The van der Waals surface area contributed by atoms with Crippen LogP contribution in [0.5, 0.6) is 5.75 Å². The molecule has 0 bridgehead atoms. The molecule has 6 heteroatoms. The molecule has 1 saturated carbocycles. The number of ether oxygens (including phenoxy) is 1. The molecule has 2 aromatic carbocycles. The molecule has 0 saturated heterocycles. The molecule has 32 heavy (non-hydrogen) atoms. The van der Waals surface area contributed by atoms with Crippen LogP contribution in [0, 0.1) is 10.1 Å². The highest BCUT2D eigenvalue weighted by atomic mass is 32.2. The highest BCUT2D eigenvalue weighted by Crippen LogP contribution is 2.47. The molecular formula is C26H34N2O3S. The van der Waals surface area contributed by atoms with E-state index in [0.29, 0.717) is 0 Å². The number of allylic oxidation sites excluding steroid dienone is 1. The van der Waals surface area contributed by atoms with Crippen molar-refractivity contribution in [2.45, 2.75) is 76.0 Å². The van der Waals surface area contributed by atoms with Crippen LogP contribution >= 0.6 is 11.8 Å². The van der Waals surface area contributed by atoms with E-state index in [1.54, 1.807) is 23.9 Å². The number of benzene rings is 2. The molecule has 1 atom stereocenters. The molecule has 0 radical (unpaired) electrons. The first-order valence-corrected chi connectivity index (χ1v) is 12.7. The van der Waals surface area contributed by atoms with Crippen molar-refractivity contribution in [2.75, 3.05) is 6.61 Å². The number of hydrogen-bond acceptors (Lipinski definition) is 5. The molecule has 1 heterocycles. The lowest BCUT2D eigenvalue weighted by molar-refractivity contribution is -0.384. The summed E-state index contributed by atoms with van der Waals surface area (Å²) in [5.41, 5.74) is 4.74. The third-order valence-electron chi connectivity index (χ3n) is 5.72. The van der Waals surface area contributed by atoms with Gasteiger partial charge in [-0.05, 0) is 55.0 Å². The van der Waals surface area contributed by atoms with Crippen molar-refractivity contribution < 1.29 is 9.66 Å². The normalized spacial score (nSPS) is 16.8. The molecule has 1 aliphatic heterocycles. The largest absolute Gasteiger partial charge is 0.494 e. The Morgan fingerprint density at radius 1 is 1.09 bits per heavy atom. The van der Waals surface area contributed by atoms with Crippen molar-refractivity contribution in [2.24, 2.45) is 0 Å². The minimum Gasteiger partial charge on any atom is -0.494 e. The van der Waals surface area contributed by atoms with Crippen molar-refractivity contribution in [1.82, 2.24) is 5.32 Å². The standard InChI is InChI=1S/C24H28N2O3S.C2H6/c1-2-3-4-5-15-29-20-12-9-18(10-13-20)24-25-23(17-7-6-8-17)21-16-19(26(27)28)11-14-22(21)30-24;1-2/h9-14,16,24-25H,2-8,15H2,1H3;1-2H3. The van der Waals surface area contributed by atoms with Crippen LogP contribution in [0.4, 0.5) is 5.69 Å². The van der Waals surface area contributed by atoms with Gasteiger partial charge in [-0.2, -0.15) is 0 Å². The van der Waals surface area contributed by atoms with Crippen molar-refractivity contribution in [3.05, 3.63) is 69.3 Å². The van der Waals surface area contributed by atoms with Crippen LogP contribution in [-0.2, 0) is 0 Å². The summed E-state index contributed by atoms with van der Waals surface area (Å²) in [6, 6.07) is 13.5. The van der Waals surface area contributed by atoms with E-state index >= 15 is 0 Å². The topological polar surface area (TPSA) is 64.4 Å². The van der Waals surface area contributed by atoms with Crippen molar-refractivity contribution >= 4 is 23.1 Å². The van der Waals surface area contributed by atoms with E-state index in [1.807, 2.05) is 32.0 Å². The average Bonchev–Trinajstić information content (AvgIpc) is 2.79. The molecular weight excluding hydrogens is 420 g/mol. The smallest absolute Gasteiger partial charge is 0.270 e. The van der Waals surface area contributed by atoms with Gasteiger partial charge in [0.15, 0.2) is 0 Å². The monoisotopic (exact) mass is 454 g/mol. The maximum Gasteiger partial charge on any atom is 0.270 e. The molecule has 2 aliphatic rings. The lowest BCUT2D eigenvalue weighted by Gasteiger charge is -2.33. The third-order valence-corrected chi connectivity index (χ3v) is 6.96.